The maximum Gasteiger partial charge on any atom is 0.188 e. The fraction of sp³-hybridized carbons (Fsp3) is 0.429. The Hall–Kier alpha value is -0.280. The molecule has 1 aromatic heterocycles. The Labute approximate surface area is 75.4 Å². The van der Waals surface area contributed by atoms with Crippen molar-refractivity contribution in [3.63, 3.8) is 0 Å². The monoisotopic (exact) mass is 188 g/mol. The van der Waals surface area contributed by atoms with Gasteiger partial charge in [-0.1, -0.05) is 30.3 Å². The highest BCUT2D eigenvalue weighted by atomic mass is 35.5. The standard InChI is InChI=1S/C7H9ClN2S/c1-3-11-7-9-4-5(2)6(8)10-7/h4H,3H2,1-2H3. The lowest BCUT2D eigenvalue weighted by atomic mass is 10.4. The van der Waals surface area contributed by atoms with Gasteiger partial charge in [-0.2, -0.15) is 0 Å². The molecule has 0 spiro atoms. The molecule has 2 nitrogen and oxygen atoms in total. The number of thioether (sulfide) groups is 1. The zero-order valence-corrected chi connectivity index (χ0v) is 8.04. The average molecular weight is 189 g/mol. The minimum absolute atomic E-state index is 0.552. The van der Waals surface area contributed by atoms with E-state index in [1.165, 1.54) is 0 Å². The zero-order valence-electron chi connectivity index (χ0n) is 6.47. The van der Waals surface area contributed by atoms with Gasteiger partial charge in [-0.25, -0.2) is 9.97 Å². The molecule has 0 radical (unpaired) electrons. The van der Waals surface area contributed by atoms with Gasteiger partial charge < -0.3 is 0 Å². The van der Waals surface area contributed by atoms with Gasteiger partial charge in [-0.3, -0.25) is 0 Å². The van der Waals surface area contributed by atoms with E-state index in [4.69, 9.17) is 11.6 Å². The lowest BCUT2D eigenvalue weighted by molar-refractivity contribution is 0.951. The van der Waals surface area contributed by atoms with Gasteiger partial charge in [0.05, 0.1) is 0 Å². The smallest absolute Gasteiger partial charge is 0.188 e. The molecule has 0 aliphatic carbocycles. The number of hydrogen-bond donors (Lipinski definition) is 0. The van der Waals surface area contributed by atoms with Crippen LogP contribution in [-0.4, -0.2) is 15.7 Å². The van der Waals surface area contributed by atoms with E-state index in [1.807, 2.05) is 6.92 Å². The lowest BCUT2D eigenvalue weighted by Crippen LogP contribution is -1.89. The average Bonchev–Trinajstić information content (AvgIpc) is 1.98. The first-order chi connectivity index (χ1) is 5.24. The molecule has 4 heteroatoms. The maximum absolute atomic E-state index is 5.79. The summed E-state index contributed by atoms with van der Waals surface area (Å²) in [5.41, 5.74) is 0.923. The molecular weight excluding hydrogens is 180 g/mol. The molecule has 0 atom stereocenters. The largest absolute Gasteiger partial charge is 0.231 e. The molecule has 0 amide bonds. The van der Waals surface area contributed by atoms with Crippen LogP contribution in [0, 0.1) is 6.92 Å². The molecule has 0 aliphatic heterocycles. The summed E-state index contributed by atoms with van der Waals surface area (Å²) < 4.78 is 0. The highest BCUT2D eigenvalue weighted by Crippen LogP contribution is 2.16. The first kappa shape index (κ1) is 8.81. The molecule has 1 rings (SSSR count). The summed E-state index contributed by atoms with van der Waals surface area (Å²) >= 11 is 7.38. The molecule has 0 fully saturated rings. The van der Waals surface area contributed by atoms with E-state index in [0.29, 0.717) is 5.15 Å². The molecule has 60 valence electrons. The number of halogens is 1. The number of aryl methyl sites for hydroxylation is 1. The molecule has 0 N–H and O–H groups in total. The molecule has 0 aliphatic rings. The Bertz CT molecular complexity index is 252. The normalized spacial score (nSPS) is 10.1. The molecule has 0 saturated heterocycles. The first-order valence-corrected chi connectivity index (χ1v) is 4.72. The number of aromatic nitrogens is 2. The minimum atomic E-state index is 0.552. The van der Waals surface area contributed by atoms with Crippen molar-refractivity contribution in [3.05, 3.63) is 16.9 Å². The van der Waals surface area contributed by atoms with Crippen LogP contribution in [0.2, 0.25) is 5.15 Å². The van der Waals surface area contributed by atoms with E-state index in [0.717, 1.165) is 16.5 Å². The van der Waals surface area contributed by atoms with Gasteiger partial charge >= 0.3 is 0 Å². The number of rotatable bonds is 2. The topological polar surface area (TPSA) is 25.8 Å². The number of nitrogens with zero attached hydrogens (tertiary/aromatic N) is 2. The molecule has 0 unspecified atom stereocenters. The fourth-order valence-electron chi connectivity index (χ4n) is 0.605. The van der Waals surface area contributed by atoms with E-state index in [1.54, 1.807) is 18.0 Å². The van der Waals surface area contributed by atoms with Crippen molar-refractivity contribution >= 4 is 23.4 Å². The van der Waals surface area contributed by atoms with Crippen LogP contribution < -0.4 is 0 Å². The molecule has 0 saturated carbocycles. The summed E-state index contributed by atoms with van der Waals surface area (Å²) in [7, 11) is 0. The van der Waals surface area contributed by atoms with E-state index in [2.05, 4.69) is 16.9 Å². The van der Waals surface area contributed by atoms with Crippen LogP contribution in [0.1, 0.15) is 12.5 Å². The van der Waals surface area contributed by atoms with Gasteiger partial charge in [0.1, 0.15) is 5.15 Å². The summed E-state index contributed by atoms with van der Waals surface area (Å²) in [6.45, 7) is 3.95. The van der Waals surface area contributed by atoms with E-state index < -0.39 is 0 Å². The Balaban J connectivity index is 2.86. The third-order valence-electron chi connectivity index (χ3n) is 1.16. The van der Waals surface area contributed by atoms with Crippen LogP contribution in [0.15, 0.2) is 11.4 Å². The third-order valence-corrected chi connectivity index (χ3v) is 2.29. The Morgan fingerprint density at radius 3 is 2.91 bits per heavy atom. The van der Waals surface area contributed by atoms with Crippen molar-refractivity contribution in [2.24, 2.45) is 0 Å². The lowest BCUT2D eigenvalue weighted by Gasteiger charge is -1.98. The van der Waals surface area contributed by atoms with Gasteiger partial charge in [-0.15, -0.1) is 0 Å². The van der Waals surface area contributed by atoms with Crippen molar-refractivity contribution in [2.45, 2.75) is 19.0 Å². The highest BCUT2D eigenvalue weighted by Gasteiger charge is 1.99. The highest BCUT2D eigenvalue weighted by molar-refractivity contribution is 7.99. The third kappa shape index (κ3) is 2.34. The van der Waals surface area contributed by atoms with Crippen molar-refractivity contribution in [1.29, 1.82) is 0 Å². The van der Waals surface area contributed by atoms with Gasteiger partial charge in [0.15, 0.2) is 5.16 Å². The quantitative estimate of drug-likeness (QED) is 0.405. The van der Waals surface area contributed by atoms with Crippen LogP contribution in [0.5, 0.6) is 0 Å². The van der Waals surface area contributed by atoms with Crippen molar-refractivity contribution in [1.82, 2.24) is 9.97 Å². The van der Waals surface area contributed by atoms with Crippen molar-refractivity contribution in [3.8, 4) is 0 Å². The van der Waals surface area contributed by atoms with Crippen LogP contribution in [0.25, 0.3) is 0 Å². The fourth-order valence-corrected chi connectivity index (χ4v) is 1.33. The van der Waals surface area contributed by atoms with Gasteiger partial charge in [0.25, 0.3) is 0 Å². The molecule has 0 aromatic carbocycles. The van der Waals surface area contributed by atoms with Crippen LogP contribution in [0.4, 0.5) is 0 Å². The van der Waals surface area contributed by atoms with E-state index in [-0.39, 0.29) is 0 Å². The van der Waals surface area contributed by atoms with Crippen molar-refractivity contribution < 1.29 is 0 Å². The van der Waals surface area contributed by atoms with Crippen molar-refractivity contribution in [2.75, 3.05) is 5.75 Å². The summed E-state index contributed by atoms with van der Waals surface area (Å²) in [4.78, 5) is 8.18. The molecular formula is C7H9ClN2S. The summed E-state index contributed by atoms with van der Waals surface area (Å²) in [5.74, 6) is 0.972. The molecule has 1 heterocycles. The van der Waals surface area contributed by atoms with Crippen LogP contribution in [-0.2, 0) is 0 Å². The Kier molecular flexibility index (Phi) is 3.15. The SMILES string of the molecule is CCSc1ncc(C)c(Cl)n1. The van der Waals surface area contributed by atoms with Gasteiger partial charge in [0.2, 0.25) is 0 Å². The minimum Gasteiger partial charge on any atom is -0.231 e. The zero-order chi connectivity index (χ0) is 8.27. The summed E-state index contributed by atoms with van der Waals surface area (Å²) in [5, 5.41) is 1.30. The molecule has 0 bridgehead atoms. The molecule has 1 aromatic rings. The Morgan fingerprint density at radius 2 is 2.36 bits per heavy atom. The first-order valence-electron chi connectivity index (χ1n) is 3.36. The molecule has 11 heavy (non-hydrogen) atoms. The van der Waals surface area contributed by atoms with Crippen LogP contribution >= 0.6 is 23.4 Å². The predicted molar refractivity (Wildman–Crippen MR) is 48.2 cm³/mol. The second-order valence-corrected chi connectivity index (χ2v) is 3.65. The maximum atomic E-state index is 5.79. The summed E-state index contributed by atoms with van der Waals surface area (Å²) in [6.07, 6.45) is 1.74. The van der Waals surface area contributed by atoms with Gasteiger partial charge in [0, 0.05) is 11.8 Å². The number of hydrogen-bond acceptors (Lipinski definition) is 3. The predicted octanol–water partition coefficient (Wildman–Crippen LogP) is 2.55. The second-order valence-electron chi connectivity index (χ2n) is 2.06. The van der Waals surface area contributed by atoms with Gasteiger partial charge in [-0.05, 0) is 12.7 Å². The van der Waals surface area contributed by atoms with E-state index >= 15 is 0 Å². The second kappa shape index (κ2) is 3.93. The van der Waals surface area contributed by atoms with Crippen LogP contribution in [0.3, 0.4) is 0 Å². The summed E-state index contributed by atoms with van der Waals surface area (Å²) in [6, 6.07) is 0. The van der Waals surface area contributed by atoms with E-state index in [9.17, 15) is 0 Å². The Morgan fingerprint density at radius 1 is 1.64 bits per heavy atom.